The Bertz CT molecular complexity index is 462. The van der Waals surface area contributed by atoms with Gasteiger partial charge in [-0.1, -0.05) is 0 Å². The first-order chi connectivity index (χ1) is 6.79. The van der Waals surface area contributed by atoms with Crippen molar-refractivity contribution >= 4 is 20.8 Å². The maximum absolute atomic E-state index is 10.5. The first-order valence-electron chi connectivity index (χ1n) is 4.27. The number of rotatable bonds is 2. The van der Waals surface area contributed by atoms with Crippen LogP contribution in [0.3, 0.4) is 0 Å². The SMILES string of the molecule is Cc1cccc(-c2nc(C=O)c[se]2)c1. The minimum atomic E-state index is 0.212. The third kappa shape index (κ3) is 1.84. The van der Waals surface area contributed by atoms with Gasteiger partial charge in [0.05, 0.1) is 0 Å². The number of hydrogen-bond donors (Lipinski definition) is 0. The summed E-state index contributed by atoms with van der Waals surface area (Å²) >= 11 is 0.212. The Hall–Kier alpha value is -1.18. The summed E-state index contributed by atoms with van der Waals surface area (Å²) in [6, 6.07) is 8.21. The van der Waals surface area contributed by atoms with Crippen LogP contribution in [0.25, 0.3) is 10.1 Å². The molecule has 0 saturated heterocycles. The van der Waals surface area contributed by atoms with Crippen LogP contribution in [-0.2, 0) is 0 Å². The first-order valence-corrected chi connectivity index (χ1v) is 6.12. The second-order valence-electron chi connectivity index (χ2n) is 3.06. The molecule has 1 aromatic carbocycles. The number of aldehydes is 1. The van der Waals surface area contributed by atoms with Crippen molar-refractivity contribution in [3.05, 3.63) is 40.5 Å². The summed E-state index contributed by atoms with van der Waals surface area (Å²) < 4.78 is 1.04. The molecule has 0 unspecified atom stereocenters. The Balaban J connectivity index is 2.43. The van der Waals surface area contributed by atoms with Crippen LogP contribution in [0, 0.1) is 6.92 Å². The molecule has 0 saturated carbocycles. The first kappa shape index (κ1) is 9.38. The molecule has 2 aromatic rings. The molecular weight excluding hydrogens is 241 g/mol. The summed E-state index contributed by atoms with van der Waals surface area (Å²) in [7, 11) is 0. The van der Waals surface area contributed by atoms with Crippen LogP contribution in [0.1, 0.15) is 16.1 Å². The number of aromatic nitrogens is 1. The molecule has 0 N–H and O–H groups in total. The Labute approximate surface area is 88.4 Å². The number of benzene rings is 1. The fourth-order valence-electron chi connectivity index (χ4n) is 1.25. The van der Waals surface area contributed by atoms with E-state index < -0.39 is 0 Å². The average molecular weight is 250 g/mol. The molecule has 0 atom stereocenters. The molecule has 0 amide bonds. The predicted octanol–water partition coefficient (Wildman–Crippen LogP) is 1.93. The normalized spacial score (nSPS) is 10.1. The molecule has 3 heteroatoms. The summed E-state index contributed by atoms with van der Waals surface area (Å²) in [4.78, 5) is 16.7. The third-order valence-corrected chi connectivity index (χ3v) is 3.82. The molecule has 0 spiro atoms. The van der Waals surface area contributed by atoms with E-state index in [9.17, 15) is 4.79 Å². The van der Waals surface area contributed by atoms with Gasteiger partial charge in [0.25, 0.3) is 0 Å². The van der Waals surface area contributed by atoms with Gasteiger partial charge in [-0.2, -0.15) is 0 Å². The van der Waals surface area contributed by atoms with E-state index in [-0.39, 0.29) is 14.5 Å². The summed E-state index contributed by atoms with van der Waals surface area (Å²) in [6.45, 7) is 2.06. The molecule has 0 aliphatic rings. The van der Waals surface area contributed by atoms with E-state index in [1.807, 2.05) is 17.1 Å². The van der Waals surface area contributed by atoms with Crippen LogP contribution in [0.2, 0.25) is 0 Å². The van der Waals surface area contributed by atoms with E-state index in [4.69, 9.17) is 0 Å². The number of carbonyl (C=O) groups excluding carboxylic acids is 1. The van der Waals surface area contributed by atoms with Crippen molar-refractivity contribution in [1.29, 1.82) is 0 Å². The minimum absolute atomic E-state index is 0.212. The Morgan fingerprint density at radius 3 is 2.93 bits per heavy atom. The van der Waals surface area contributed by atoms with Gasteiger partial charge in [-0.15, -0.1) is 0 Å². The van der Waals surface area contributed by atoms with Crippen molar-refractivity contribution in [2.45, 2.75) is 6.92 Å². The van der Waals surface area contributed by atoms with Gasteiger partial charge in [0, 0.05) is 0 Å². The van der Waals surface area contributed by atoms with Crippen LogP contribution in [0.4, 0.5) is 0 Å². The van der Waals surface area contributed by atoms with E-state index in [0.717, 1.165) is 16.4 Å². The summed E-state index contributed by atoms with van der Waals surface area (Å²) in [5, 5.41) is 0. The van der Waals surface area contributed by atoms with Gasteiger partial charge in [-0.25, -0.2) is 0 Å². The van der Waals surface area contributed by atoms with E-state index in [1.54, 1.807) is 0 Å². The Morgan fingerprint density at radius 1 is 1.43 bits per heavy atom. The van der Waals surface area contributed by atoms with Crippen molar-refractivity contribution < 1.29 is 4.79 Å². The molecule has 70 valence electrons. The number of hydrogen-bond acceptors (Lipinski definition) is 2. The fraction of sp³-hybridized carbons (Fsp3) is 0.0909. The van der Waals surface area contributed by atoms with Gasteiger partial charge in [-0.05, 0) is 0 Å². The monoisotopic (exact) mass is 251 g/mol. The quantitative estimate of drug-likeness (QED) is 0.602. The zero-order chi connectivity index (χ0) is 9.97. The van der Waals surface area contributed by atoms with Crippen molar-refractivity contribution in [3.8, 4) is 10.1 Å². The fourth-order valence-corrected chi connectivity index (χ4v) is 2.85. The van der Waals surface area contributed by atoms with Gasteiger partial charge in [0.2, 0.25) is 0 Å². The van der Waals surface area contributed by atoms with E-state index in [1.165, 1.54) is 5.56 Å². The summed E-state index contributed by atoms with van der Waals surface area (Å²) in [5.41, 5.74) is 2.93. The van der Waals surface area contributed by atoms with Crippen molar-refractivity contribution in [2.75, 3.05) is 0 Å². The van der Waals surface area contributed by atoms with Gasteiger partial charge >= 0.3 is 88.1 Å². The van der Waals surface area contributed by atoms with Gasteiger partial charge in [0.15, 0.2) is 0 Å². The zero-order valence-electron chi connectivity index (χ0n) is 7.73. The molecule has 0 radical (unpaired) electrons. The standard InChI is InChI=1S/C11H9NOSe/c1-8-3-2-4-9(5-8)11-12-10(6-13)7-14-11/h2-7H,1H3. The average Bonchev–Trinajstić information content (AvgIpc) is 2.66. The van der Waals surface area contributed by atoms with Gasteiger partial charge < -0.3 is 0 Å². The molecule has 2 nitrogen and oxygen atoms in total. The summed E-state index contributed by atoms with van der Waals surface area (Å²) in [6.07, 6.45) is 0.810. The van der Waals surface area contributed by atoms with Crippen LogP contribution < -0.4 is 0 Å². The zero-order valence-corrected chi connectivity index (χ0v) is 9.44. The van der Waals surface area contributed by atoms with Gasteiger partial charge in [0.1, 0.15) is 0 Å². The Morgan fingerprint density at radius 2 is 2.29 bits per heavy atom. The van der Waals surface area contributed by atoms with Crippen molar-refractivity contribution in [3.63, 3.8) is 0 Å². The number of carbonyl (C=O) groups is 1. The molecule has 14 heavy (non-hydrogen) atoms. The molecule has 0 aliphatic heterocycles. The van der Waals surface area contributed by atoms with Crippen molar-refractivity contribution in [1.82, 2.24) is 4.98 Å². The molecule has 0 aliphatic carbocycles. The summed E-state index contributed by atoms with van der Waals surface area (Å²) in [5.74, 6) is 0. The molecule has 1 aromatic heterocycles. The van der Waals surface area contributed by atoms with Crippen LogP contribution in [0.15, 0.2) is 29.2 Å². The van der Waals surface area contributed by atoms with Crippen molar-refractivity contribution in [2.24, 2.45) is 0 Å². The second-order valence-corrected chi connectivity index (χ2v) is 4.87. The van der Waals surface area contributed by atoms with Gasteiger partial charge in [-0.3, -0.25) is 0 Å². The molecule has 0 fully saturated rings. The predicted molar refractivity (Wildman–Crippen MR) is 56.7 cm³/mol. The van der Waals surface area contributed by atoms with Crippen LogP contribution in [-0.4, -0.2) is 25.8 Å². The van der Waals surface area contributed by atoms with E-state index >= 15 is 0 Å². The molecule has 0 bridgehead atoms. The molecule has 2 rings (SSSR count). The Kier molecular flexibility index (Phi) is 2.62. The number of aryl methyl sites for hydroxylation is 1. The second kappa shape index (κ2) is 3.91. The van der Waals surface area contributed by atoms with Crippen LogP contribution in [0.5, 0.6) is 0 Å². The number of nitrogens with zero attached hydrogens (tertiary/aromatic N) is 1. The topological polar surface area (TPSA) is 30.0 Å². The molecule has 1 heterocycles. The van der Waals surface area contributed by atoms with E-state index in [2.05, 4.69) is 24.0 Å². The third-order valence-electron chi connectivity index (χ3n) is 1.91. The molecular formula is C11H9NOSe. The van der Waals surface area contributed by atoms with Crippen LogP contribution >= 0.6 is 0 Å². The van der Waals surface area contributed by atoms with E-state index in [0.29, 0.717) is 5.69 Å². The maximum atomic E-state index is 10.5.